The number of amides is 1. The number of hydrogen-bond acceptors (Lipinski definition) is 6. The first-order valence-electron chi connectivity index (χ1n) is 9.29. The maximum Gasteiger partial charge on any atom is 0.338 e. The number of rotatable bonds is 8. The van der Waals surface area contributed by atoms with E-state index in [2.05, 4.69) is 15.4 Å². The monoisotopic (exact) mass is 408 g/mol. The summed E-state index contributed by atoms with van der Waals surface area (Å²) in [5, 5.41) is 15.5. The highest BCUT2D eigenvalue weighted by molar-refractivity contribution is 5.91. The number of benzene rings is 2. The molecule has 3 rings (SSSR count). The first kappa shape index (κ1) is 20.7. The summed E-state index contributed by atoms with van der Waals surface area (Å²) < 4.78 is 6.48. The Bertz CT molecular complexity index is 1050. The molecule has 0 fully saturated rings. The normalized spacial score (nSPS) is 10.4. The third-order valence-corrected chi connectivity index (χ3v) is 4.09. The summed E-state index contributed by atoms with van der Waals surface area (Å²) in [6.45, 7) is 1.98. The molecule has 0 spiro atoms. The molecule has 9 nitrogen and oxygen atoms in total. The van der Waals surface area contributed by atoms with E-state index in [4.69, 9.17) is 9.84 Å². The van der Waals surface area contributed by atoms with Crippen molar-refractivity contribution in [3.8, 4) is 17.1 Å². The summed E-state index contributed by atoms with van der Waals surface area (Å²) in [6, 6.07) is 15.8. The van der Waals surface area contributed by atoms with Crippen LogP contribution in [0.4, 0.5) is 0 Å². The molecule has 0 radical (unpaired) electrons. The summed E-state index contributed by atoms with van der Waals surface area (Å²) in [7, 11) is 0. The van der Waals surface area contributed by atoms with Crippen LogP contribution >= 0.6 is 0 Å². The smallest absolute Gasteiger partial charge is 0.338 e. The molecule has 0 atom stereocenters. The molecule has 0 aliphatic heterocycles. The lowest BCUT2D eigenvalue weighted by Crippen LogP contribution is -2.27. The fraction of sp³-hybridized carbons (Fsp3) is 0.190. The minimum absolute atomic E-state index is 0.0301. The standard InChI is InChI=1S/C21H20N4O5/c1-2-30-21(29)15-8-10-16(11-9-15)25-19(14-6-4-3-5-7-14)23-18(24-25)20(28)22-13-12-17(26)27/h3-11H,2,12-13H2,1H3,(H,22,28)(H,26,27). The van der Waals surface area contributed by atoms with E-state index in [-0.39, 0.29) is 25.4 Å². The van der Waals surface area contributed by atoms with Gasteiger partial charge in [-0.25, -0.2) is 14.5 Å². The van der Waals surface area contributed by atoms with E-state index in [1.807, 2.05) is 30.3 Å². The van der Waals surface area contributed by atoms with Gasteiger partial charge in [0.15, 0.2) is 5.82 Å². The van der Waals surface area contributed by atoms with Crippen molar-refractivity contribution >= 4 is 17.8 Å². The van der Waals surface area contributed by atoms with Crippen molar-refractivity contribution in [1.82, 2.24) is 20.1 Å². The minimum atomic E-state index is -1.01. The molecule has 3 aromatic rings. The van der Waals surface area contributed by atoms with E-state index in [1.54, 1.807) is 31.2 Å². The van der Waals surface area contributed by atoms with Crippen LogP contribution in [0.2, 0.25) is 0 Å². The molecule has 1 aromatic heterocycles. The lowest BCUT2D eigenvalue weighted by Gasteiger charge is -2.07. The first-order valence-corrected chi connectivity index (χ1v) is 9.29. The van der Waals surface area contributed by atoms with Gasteiger partial charge in [0.25, 0.3) is 5.91 Å². The number of aromatic nitrogens is 3. The van der Waals surface area contributed by atoms with Gasteiger partial charge in [-0.15, -0.1) is 5.10 Å². The van der Waals surface area contributed by atoms with Crippen molar-refractivity contribution in [3.05, 3.63) is 66.0 Å². The Kier molecular flexibility index (Phi) is 6.53. The number of aliphatic carboxylic acids is 1. The maximum absolute atomic E-state index is 12.4. The predicted molar refractivity (Wildman–Crippen MR) is 107 cm³/mol. The van der Waals surface area contributed by atoms with Gasteiger partial charge in [-0.1, -0.05) is 30.3 Å². The number of esters is 1. The van der Waals surface area contributed by atoms with Gasteiger partial charge in [-0.05, 0) is 31.2 Å². The minimum Gasteiger partial charge on any atom is -0.481 e. The van der Waals surface area contributed by atoms with Crippen LogP contribution in [0.1, 0.15) is 34.3 Å². The largest absolute Gasteiger partial charge is 0.481 e. The number of carboxylic acids is 1. The van der Waals surface area contributed by atoms with Crippen molar-refractivity contribution in [2.75, 3.05) is 13.2 Å². The molecular weight excluding hydrogens is 388 g/mol. The molecule has 0 aliphatic rings. The fourth-order valence-electron chi connectivity index (χ4n) is 2.68. The highest BCUT2D eigenvalue weighted by Crippen LogP contribution is 2.21. The Balaban J connectivity index is 1.94. The highest BCUT2D eigenvalue weighted by atomic mass is 16.5. The average Bonchev–Trinajstić information content (AvgIpc) is 3.20. The Hall–Kier alpha value is -4.01. The number of ether oxygens (including phenoxy) is 1. The van der Waals surface area contributed by atoms with Crippen molar-refractivity contribution in [2.45, 2.75) is 13.3 Å². The van der Waals surface area contributed by atoms with Crippen LogP contribution in [0.15, 0.2) is 54.6 Å². The van der Waals surface area contributed by atoms with E-state index in [0.29, 0.717) is 17.1 Å². The zero-order valence-electron chi connectivity index (χ0n) is 16.2. The zero-order valence-corrected chi connectivity index (χ0v) is 16.2. The van der Waals surface area contributed by atoms with Gasteiger partial charge >= 0.3 is 11.9 Å². The summed E-state index contributed by atoms with van der Waals surface area (Å²) in [5.41, 5.74) is 1.73. The SMILES string of the molecule is CCOC(=O)c1ccc(-n2nc(C(=O)NCCC(=O)O)nc2-c2ccccc2)cc1. The molecule has 0 saturated heterocycles. The summed E-state index contributed by atoms with van der Waals surface area (Å²) in [5.74, 6) is -1.67. The second kappa shape index (κ2) is 9.46. The van der Waals surface area contributed by atoms with Gasteiger partial charge in [-0.3, -0.25) is 9.59 Å². The van der Waals surface area contributed by atoms with Gasteiger partial charge in [0.1, 0.15) is 0 Å². The van der Waals surface area contributed by atoms with E-state index in [1.165, 1.54) is 4.68 Å². The maximum atomic E-state index is 12.4. The second-order valence-electron chi connectivity index (χ2n) is 6.20. The van der Waals surface area contributed by atoms with Crippen LogP contribution in [-0.2, 0) is 9.53 Å². The van der Waals surface area contributed by atoms with Gasteiger partial charge < -0.3 is 15.2 Å². The Morgan fingerprint density at radius 3 is 2.40 bits per heavy atom. The van der Waals surface area contributed by atoms with Crippen LogP contribution in [0.25, 0.3) is 17.1 Å². The number of hydrogen-bond donors (Lipinski definition) is 2. The zero-order chi connectivity index (χ0) is 21.5. The van der Waals surface area contributed by atoms with E-state index < -0.39 is 17.8 Å². The van der Waals surface area contributed by atoms with Crippen LogP contribution in [0.5, 0.6) is 0 Å². The van der Waals surface area contributed by atoms with E-state index in [9.17, 15) is 14.4 Å². The van der Waals surface area contributed by atoms with Gasteiger partial charge in [-0.2, -0.15) is 0 Å². The van der Waals surface area contributed by atoms with Crippen LogP contribution in [0, 0.1) is 0 Å². The Labute approximate surface area is 172 Å². The van der Waals surface area contributed by atoms with Crippen LogP contribution < -0.4 is 5.32 Å². The Morgan fingerprint density at radius 2 is 1.77 bits per heavy atom. The van der Waals surface area contributed by atoms with Gasteiger partial charge in [0.05, 0.1) is 24.3 Å². The fourth-order valence-corrected chi connectivity index (χ4v) is 2.68. The van der Waals surface area contributed by atoms with E-state index in [0.717, 1.165) is 5.56 Å². The molecular formula is C21H20N4O5. The molecule has 1 amide bonds. The molecule has 1 heterocycles. The van der Waals surface area contributed by atoms with Crippen molar-refractivity contribution < 1.29 is 24.2 Å². The van der Waals surface area contributed by atoms with Crippen LogP contribution in [-0.4, -0.2) is 50.9 Å². The third kappa shape index (κ3) is 4.88. The van der Waals surface area contributed by atoms with Crippen LogP contribution in [0.3, 0.4) is 0 Å². The molecule has 0 bridgehead atoms. The third-order valence-electron chi connectivity index (χ3n) is 4.09. The Morgan fingerprint density at radius 1 is 1.07 bits per heavy atom. The molecule has 0 unspecified atom stereocenters. The van der Waals surface area contributed by atoms with Crippen molar-refractivity contribution in [3.63, 3.8) is 0 Å². The lowest BCUT2D eigenvalue weighted by atomic mass is 10.2. The molecule has 30 heavy (non-hydrogen) atoms. The topological polar surface area (TPSA) is 123 Å². The quantitative estimate of drug-likeness (QED) is 0.548. The van der Waals surface area contributed by atoms with Gasteiger partial charge in [0.2, 0.25) is 5.82 Å². The number of nitrogens with one attached hydrogen (secondary N) is 1. The molecule has 0 aliphatic carbocycles. The highest BCUT2D eigenvalue weighted by Gasteiger charge is 2.19. The predicted octanol–water partition coefficient (Wildman–Crippen LogP) is 2.32. The molecule has 154 valence electrons. The lowest BCUT2D eigenvalue weighted by molar-refractivity contribution is -0.136. The second-order valence-corrected chi connectivity index (χ2v) is 6.20. The number of carbonyl (C=O) groups is 3. The summed E-state index contributed by atoms with van der Waals surface area (Å²) in [6.07, 6.45) is -0.201. The summed E-state index contributed by atoms with van der Waals surface area (Å²) >= 11 is 0. The summed E-state index contributed by atoms with van der Waals surface area (Å²) in [4.78, 5) is 39.2. The molecule has 0 saturated carbocycles. The van der Waals surface area contributed by atoms with Crippen molar-refractivity contribution in [2.24, 2.45) is 0 Å². The van der Waals surface area contributed by atoms with E-state index >= 15 is 0 Å². The number of carboxylic acid groups (broad SMARTS) is 1. The molecule has 9 heteroatoms. The molecule has 2 N–H and O–H groups in total. The molecule has 2 aromatic carbocycles. The first-order chi connectivity index (χ1) is 14.5. The average molecular weight is 408 g/mol. The number of carbonyl (C=O) groups excluding carboxylic acids is 2. The van der Waals surface area contributed by atoms with Crippen molar-refractivity contribution in [1.29, 1.82) is 0 Å². The van der Waals surface area contributed by atoms with Gasteiger partial charge in [0, 0.05) is 12.1 Å². The number of nitrogens with zero attached hydrogens (tertiary/aromatic N) is 3.